The minimum absolute atomic E-state index is 0.0656. The molecule has 0 aromatic rings. The molecule has 1 unspecified atom stereocenters. The van der Waals surface area contributed by atoms with Crippen molar-refractivity contribution in [1.29, 1.82) is 0 Å². The van der Waals surface area contributed by atoms with Crippen LogP contribution < -0.4 is 0 Å². The van der Waals surface area contributed by atoms with Gasteiger partial charge in [-0.25, -0.2) is 0 Å². The van der Waals surface area contributed by atoms with Crippen LogP contribution in [0.15, 0.2) is 12.2 Å². The summed E-state index contributed by atoms with van der Waals surface area (Å²) in [7, 11) is 0. The lowest BCUT2D eigenvalue weighted by Crippen LogP contribution is -2.30. The highest BCUT2D eigenvalue weighted by Gasteiger charge is 2.19. The number of allylic oxidation sites excluding steroid dienone is 2. The Bertz CT molecular complexity index is 1070. The first kappa shape index (κ1) is 67.1. The number of hydrogen-bond donors (Lipinski definition) is 0. The van der Waals surface area contributed by atoms with Gasteiger partial charge in [0.05, 0.1) is 0 Å². The van der Waals surface area contributed by atoms with Crippen LogP contribution in [0.1, 0.15) is 355 Å². The predicted molar refractivity (Wildman–Crippen MR) is 298 cm³/mol. The van der Waals surface area contributed by atoms with Gasteiger partial charge in [0.2, 0.25) is 0 Å². The third-order valence-corrected chi connectivity index (χ3v) is 14.3. The van der Waals surface area contributed by atoms with Crippen molar-refractivity contribution in [3.63, 3.8) is 0 Å². The van der Waals surface area contributed by atoms with E-state index >= 15 is 0 Å². The average molecular weight is 974 g/mol. The molecule has 0 spiro atoms. The predicted octanol–water partition coefficient (Wildman–Crippen LogP) is 20.9. The Hall–Kier alpha value is -1.85. The molecule has 0 radical (unpaired) electrons. The van der Waals surface area contributed by atoms with E-state index < -0.39 is 6.10 Å². The lowest BCUT2D eigenvalue weighted by Gasteiger charge is -2.18. The third kappa shape index (κ3) is 56.9. The Labute approximate surface area is 431 Å². The number of esters is 3. The molecule has 0 aromatic carbocycles. The zero-order valence-electron chi connectivity index (χ0n) is 46.9. The first-order valence-electron chi connectivity index (χ1n) is 31.2. The second kappa shape index (κ2) is 58.7. The molecule has 0 heterocycles. The zero-order chi connectivity index (χ0) is 50.0. The summed E-state index contributed by atoms with van der Waals surface area (Å²) in [6.45, 7) is 6.64. The van der Waals surface area contributed by atoms with Crippen molar-refractivity contribution in [1.82, 2.24) is 0 Å². The van der Waals surface area contributed by atoms with Crippen molar-refractivity contribution in [2.45, 2.75) is 361 Å². The van der Waals surface area contributed by atoms with Crippen molar-refractivity contribution in [3.8, 4) is 0 Å². The molecule has 408 valence electrons. The van der Waals surface area contributed by atoms with Gasteiger partial charge >= 0.3 is 17.9 Å². The standard InChI is InChI=1S/C63H120O6/c1-4-7-10-13-16-18-20-22-24-26-28-30-31-32-34-35-37-39-41-43-45-47-50-53-56-62(65)68-59-60(58-67-61(64)55-52-49-15-12-9-6-3)69-63(66)57-54-51-48-46-44-42-40-38-36-33-29-27-25-23-21-19-17-14-11-8-5-2/h27,29,60H,4-26,28,30-59H2,1-3H3/b29-27-. The maximum absolute atomic E-state index is 12.8. The number of carbonyl (C=O) groups excluding carboxylic acids is 3. The molecule has 1 atom stereocenters. The fourth-order valence-electron chi connectivity index (χ4n) is 9.56. The minimum atomic E-state index is -0.764. The summed E-state index contributed by atoms with van der Waals surface area (Å²) >= 11 is 0. The zero-order valence-corrected chi connectivity index (χ0v) is 46.9. The van der Waals surface area contributed by atoms with Gasteiger partial charge in [0.1, 0.15) is 13.2 Å². The monoisotopic (exact) mass is 973 g/mol. The molecule has 6 heteroatoms. The second-order valence-electron chi connectivity index (χ2n) is 21.3. The van der Waals surface area contributed by atoms with Crippen LogP contribution in [0.2, 0.25) is 0 Å². The molecular formula is C63H120O6. The molecule has 6 nitrogen and oxygen atoms in total. The summed E-state index contributed by atoms with van der Waals surface area (Å²) in [6.07, 6.45) is 68.3. The van der Waals surface area contributed by atoms with Crippen molar-refractivity contribution in [3.05, 3.63) is 12.2 Å². The molecular weight excluding hydrogens is 853 g/mol. The second-order valence-corrected chi connectivity index (χ2v) is 21.3. The molecule has 69 heavy (non-hydrogen) atoms. The lowest BCUT2D eigenvalue weighted by atomic mass is 10.0. The smallest absolute Gasteiger partial charge is 0.306 e. The average Bonchev–Trinajstić information content (AvgIpc) is 3.35. The molecule has 0 bridgehead atoms. The van der Waals surface area contributed by atoms with Gasteiger partial charge in [-0.2, -0.15) is 0 Å². The molecule has 0 aliphatic heterocycles. The van der Waals surface area contributed by atoms with Crippen molar-refractivity contribution < 1.29 is 28.6 Å². The summed E-state index contributed by atoms with van der Waals surface area (Å²) in [6, 6.07) is 0. The Balaban J connectivity index is 4.04. The fraction of sp³-hybridized carbons (Fsp3) is 0.921. The summed E-state index contributed by atoms with van der Waals surface area (Å²) in [4.78, 5) is 38.0. The van der Waals surface area contributed by atoms with Crippen LogP contribution in [-0.2, 0) is 28.6 Å². The topological polar surface area (TPSA) is 78.9 Å². The Kier molecular flexibility index (Phi) is 57.1. The lowest BCUT2D eigenvalue weighted by molar-refractivity contribution is -0.167. The van der Waals surface area contributed by atoms with Gasteiger partial charge in [0.15, 0.2) is 6.10 Å². The highest BCUT2D eigenvalue weighted by atomic mass is 16.6. The van der Waals surface area contributed by atoms with Gasteiger partial charge in [0.25, 0.3) is 0 Å². The number of carbonyl (C=O) groups is 3. The first-order chi connectivity index (χ1) is 34.0. The van der Waals surface area contributed by atoms with Gasteiger partial charge < -0.3 is 14.2 Å². The molecule has 0 aromatic heterocycles. The van der Waals surface area contributed by atoms with Crippen LogP contribution in [0.5, 0.6) is 0 Å². The highest BCUT2D eigenvalue weighted by molar-refractivity contribution is 5.71. The highest BCUT2D eigenvalue weighted by Crippen LogP contribution is 2.18. The van der Waals surface area contributed by atoms with E-state index in [1.807, 2.05) is 0 Å². The Morgan fingerprint density at radius 1 is 0.275 bits per heavy atom. The molecule has 0 amide bonds. The van der Waals surface area contributed by atoms with Gasteiger partial charge in [-0.1, -0.05) is 303 Å². The molecule has 0 aliphatic carbocycles. The molecule has 0 aliphatic rings. The van der Waals surface area contributed by atoms with E-state index in [1.165, 1.54) is 257 Å². The van der Waals surface area contributed by atoms with E-state index in [0.717, 1.165) is 57.8 Å². The van der Waals surface area contributed by atoms with E-state index in [1.54, 1.807) is 0 Å². The van der Waals surface area contributed by atoms with E-state index in [2.05, 4.69) is 32.9 Å². The summed E-state index contributed by atoms with van der Waals surface area (Å²) < 4.78 is 16.8. The van der Waals surface area contributed by atoms with E-state index in [0.29, 0.717) is 19.3 Å². The summed E-state index contributed by atoms with van der Waals surface area (Å²) in [5.74, 6) is -0.853. The van der Waals surface area contributed by atoms with Gasteiger partial charge in [-0.15, -0.1) is 0 Å². The normalized spacial score (nSPS) is 12.0. The largest absolute Gasteiger partial charge is 0.462 e. The van der Waals surface area contributed by atoms with Crippen molar-refractivity contribution in [2.24, 2.45) is 0 Å². The maximum atomic E-state index is 12.8. The molecule has 0 rings (SSSR count). The molecule has 0 N–H and O–H groups in total. The van der Waals surface area contributed by atoms with Crippen LogP contribution in [0.4, 0.5) is 0 Å². The number of ether oxygens (including phenoxy) is 3. The first-order valence-corrected chi connectivity index (χ1v) is 31.2. The fourth-order valence-corrected chi connectivity index (χ4v) is 9.56. The Morgan fingerprint density at radius 3 is 0.725 bits per heavy atom. The van der Waals surface area contributed by atoms with Crippen LogP contribution in [-0.4, -0.2) is 37.2 Å². The maximum Gasteiger partial charge on any atom is 0.306 e. The summed E-state index contributed by atoms with van der Waals surface area (Å²) in [5.41, 5.74) is 0. The Morgan fingerprint density at radius 2 is 0.478 bits per heavy atom. The van der Waals surface area contributed by atoms with Crippen LogP contribution in [0, 0.1) is 0 Å². The van der Waals surface area contributed by atoms with Gasteiger partial charge in [-0.3, -0.25) is 14.4 Å². The van der Waals surface area contributed by atoms with Gasteiger partial charge in [0, 0.05) is 19.3 Å². The number of hydrogen-bond acceptors (Lipinski definition) is 6. The van der Waals surface area contributed by atoms with Crippen LogP contribution >= 0.6 is 0 Å². The quantitative estimate of drug-likeness (QED) is 0.0261. The van der Waals surface area contributed by atoms with E-state index in [4.69, 9.17) is 14.2 Å². The third-order valence-electron chi connectivity index (χ3n) is 14.3. The number of unbranched alkanes of at least 4 members (excludes halogenated alkanes) is 45. The van der Waals surface area contributed by atoms with Gasteiger partial charge in [-0.05, 0) is 44.9 Å². The van der Waals surface area contributed by atoms with Crippen molar-refractivity contribution >= 4 is 17.9 Å². The van der Waals surface area contributed by atoms with E-state index in [9.17, 15) is 14.4 Å². The SMILES string of the molecule is CCCCCCCCCC/C=C\CCCCCCCCCCCC(=O)OC(COC(=O)CCCCCCCC)COC(=O)CCCCCCCCCCCCCCCCCCCCCCCCCC. The van der Waals surface area contributed by atoms with Crippen molar-refractivity contribution in [2.75, 3.05) is 13.2 Å². The van der Waals surface area contributed by atoms with Crippen LogP contribution in [0.3, 0.4) is 0 Å². The van der Waals surface area contributed by atoms with E-state index in [-0.39, 0.29) is 31.1 Å². The molecule has 0 fully saturated rings. The molecule has 0 saturated heterocycles. The number of rotatable bonds is 58. The summed E-state index contributed by atoms with van der Waals surface area (Å²) in [5, 5.41) is 0. The minimum Gasteiger partial charge on any atom is -0.462 e. The van der Waals surface area contributed by atoms with Crippen LogP contribution in [0.25, 0.3) is 0 Å². The molecule has 0 saturated carbocycles.